The number of non-ortho nitro benzene ring substituents is 1. The highest BCUT2D eigenvalue weighted by atomic mass is 32.1. The van der Waals surface area contributed by atoms with Gasteiger partial charge in [-0.1, -0.05) is 12.1 Å². The highest BCUT2D eigenvalue weighted by Gasteiger charge is 2.41. The van der Waals surface area contributed by atoms with Gasteiger partial charge in [-0.25, -0.2) is 0 Å². The third kappa shape index (κ3) is 3.77. The quantitative estimate of drug-likeness (QED) is 0.354. The van der Waals surface area contributed by atoms with Crippen LogP contribution in [0.25, 0.3) is 5.69 Å². The minimum atomic E-state index is -0.388. The van der Waals surface area contributed by atoms with Crippen LogP contribution in [0.15, 0.2) is 67.0 Å². The molecule has 1 aliphatic heterocycles. The summed E-state index contributed by atoms with van der Waals surface area (Å²) in [6.45, 7) is 1.13. The van der Waals surface area contributed by atoms with Crippen molar-refractivity contribution >= 4 is 23.0 Å². The Bertz CT molecular complexity index is 1060. The Labute approximate surface area is 179 Å². The lowest BCUT2D eigenvalue weighted by Gasteiger charge is -2.28. The average Bonchev–Trinajstić information content (AvgIpc) is 3.37. The molecule has 154 valence electrons. The molecule has 1 N–H and O–H groups in total. The Balaban J connectivity index is 1.79. The van der Waals surface area contributed by atoms with Gasteiger partial charge in [0.15, 0.2) is 5.11 Å². The van der Waals surface area contributed by atoms with E-state index in [-0.39, 0.29) is 22.7 Å². The average molecular weight is 423 g/mol. The lowest BCUT2D eigenvalue weighted by atomic mass is 10.0. The van der Waals surface area contributed by atoms with E-state index in [1.165, 1.54) is 6.07 Å². The van der Waals surface area contributed by atoms with Crippen LogP contribution in [0.1, 0.15) is 23.5 Å². The van der Waals surface area contributed by atoms with Crippen LogP contribution in [0.5, 0.6) is 0 Å². The van der Waals surface area contributed by atoms with E-state index in [1.807, 2.05) is 47.2 Å². The molecular weight excluding hydrogens is 402 g/mol. The van der Waals surface area contributed by atoms with Crippen molar-refractivity contribution in [2.75, 3.05) is 20.3 Å². The number of nitrogens with one attached hydrogen (secondary N) is 1. The number of hydrogen-bond donors (Lipinski definition) is 1. The van der Waals surface area contributed by atoms with Gasteiger partial charge in [0.1, 0.15) is 0 Å². The molecule has 0 amide bonds. The second-order valence-corrected chi connectivity index (χ2v) is 7.28. The molecule has 3 aromatic rings. The van der Waals surface area contributed by atoms with Crippen LogP contribution < -0.4 is 5.32 Å². The van der Waals surface area contributed by atoms with Gasteiger partial charge < -0.3 is 19.5 Å². The number of nitro benzene ring substituents is 1. The molecule has 2 atom stereocenters. The van der Waals surface area contributed by atoms with Gasteiger partial charge in [-0.2, -0.15) is 0 Å². The Morgan fingerprint density at radius 1 is 1.23 bits per heavy atom. The monoisotopic (exact) mass is 423 g/mol. The minimum absolute atomic E-state index is 0.0460. The van der Waals surface area contributed by atoms with Crippen molar-refractivity contribution in [1.29, 1.82) is 0 Å². The molecule has 0 aliphatic carbocycles. The lowest BCUT2D eigenvalue weighted by Crippen LogP contribution is -2.33. The summed E-state index contributed by atoms with van der Waals surface area (Å²) in [5.41, 5.74) is 2.59. The molecule has 30 heavy (non-hydrogen) atoms. The predicted octanol–water partition coefficient (Wildman–Crippen LogP) is 3.40. The zero-order valence-electron chi connectivity index (χ0n) is 16.3. The van der Waals surface area contributed by atoms with Crippen molar-refractivity contribution in [3.63, 3.8) is 0 Å². The number of nitrogens with zero attached hydrogens (tertiary/aromatic N) is 4. The molecule has 8 nitrogen and oxygen atoms in total. The van der Waals surface area contributed by atoms with Gasteiger partial charge in [-0.05, 0) is 42.5 Å². The number of ether oxygens (including phenoxy) is 1. The number of hydrogen-bond acceptors (Lipinski definition) is 5. The fraction of sp³-hybridized carbons (Fsp3) is 0.238. The van der Waals surface area contributed by atoms with Crippen LogP contribution in [0.2, 0.25) is 0 Å². The first-order chi connectivity index (χ1) is 14.6. The fourth-order valence-electron chi connectivity index (χ4n) is 3.78. The maximum Gasteiger partial charge on any atom is 0.271 e. The molecule has 1 fully saturated rings. The topological polar surface area (TPSA) is 85.5 Å². The van der Waals surface area contributed by atoms with Crippen LogP contribution in [-0.2, 0) is 4.74 Å². The Morgan fingerprint density at radius 3 is 2.83 bits per heavy atom. The summed E-state index contributed by atoms with van der Waals surface area (Å²) in [4.78, 5) is 17.5. The fourth-order valence-corrected chi connectivity index (χ4v) is 4.12. The molecule has 0 bridgehead atoms. The standard InChI is InChI=1S/C21H21N5O3S/c1-29-13-12-25-20(19(23-21(25)30)17-8-2-3-10-22-17)18-9-5-11-24(18)15-6-4-7-16(14-15)26(27)28/h2-11,14,19-20H,12-13H2,1H3,(H,23,30)/t19-,20-/m0/s1. The maximum absolute atomic E-state index is 11.3. The molecular formula is C21H21N5O3S. The summed E-state index contributed by atoms with van der Waals surface area (Å²) < 4.78 is 7.25. The molecule has 1 aromatic carbocycles. The lowest BCUT2D eigenvalue weighted by molar-refractivity contribution is -0.384. The van der Waals surface area contributed by atoms with Gasteiger partial charge >= 0.3 is 0 Å². The van der Waals surface area contributed by atoms with Crippen molar-refractivity contribution in [3.8, 4) is 5.69 Å². The highest BCUT2D eigenvalue weighted by molar-refractivity contribution is 7.80. The predicted molar refractivity (Wildman–Crippen MR) is 116 cm³/mol. The summed E-state index contributed by atoms with van der Waals surface area (Å²) >= 11 is 5.63. The van der Waals surface area contributed by atoms with Gasteiger partial charge in [-0.3, -0.25) is 15.1 Å². The summed E-state index contributed by atoms with van der Waals surface area (Å²) in [5.74, 6) is 0. The summed E-state index contributed by atoms with van der Waals surface area (Å²) in [6.07, 6.45) is 3.66. The zero-order valence-corrected chi connectivity index (χ0v) is 17.2. The normalized spacial score (nSPS) is 18.4. The van der Waals surface area contributed by atoms with E-state index in [4.69, 9.17) is 17.0 Å². The second-order valence-electron chi connectivity index (χ2n) is 6.89. The molecule has 2 aromatic heterocycles. The molecule has 4 rings (SSSR count). The van der Waals surface area contributed by atoms with Crippen LogP contribution in [0.3, 0.4) is 0 Å². The van der Waals surface area contributed by atoms with Crippen LogP contribution in [0.4, 0.5) is 5.69 Å². The van der Waals surface area contributed by atoms with Crippen LogP contribution >= 0.6 is 12.2 Å². The van der Waals surface area contributed by atoms with Gasteiger partial charge in [-0.15, -0.1) is 0 Å². The number of nitro groups is 1. The van der Waals surface area contributed by atoms with Crippen LogP contribution in [0, 0.1) is 10.1 Å². The summed E-state index contributed by atoms with van der Waals surface area (Å²) in [7, 11) is 1.66. The molecule has 1 aliphatic rings. The maximum atomic E-state index is 11.3. The van der Waals surface area contributed by atoms with E-state index in [0.717, 1.165) is 11.4 Å². The SMILES string of the molecule is COCCN1C(=S)N[C@@H](c2ccccn2)[C@@H]1c1cccn1-c1cccc([N+](=O)[O-])c1. The van der Waals surface area contributed by atoms with Crippen molar-refractivity contribution in [2.45, 2.75) is 12.1 Å². The molecule has 0 radical (unpaired) electrons. The third-order valence-corrected chi connectivity index (χ3v) is 5.49. The van der Waals surface area contributed by atoms with Gasteiger partial charge in [0.25, 0.3) is 5.69 Å². The van der Waals surface area contributed by atoms with Gasteiger partial charge in [0.05, 0.1) is 35.0 Å². The number of thiocarbonyl (C=S) groups is 1. The number of rotatable bonds is 7. The Kier molecular flexibility index (Phi) is 5.73. The van der Waals surface area contributed by atoms with E-state index in [0.29, 0.717) is 24.0 Å². The van der Waals surface area contributed by atoms with Crippen molar-refractivity contribution in [1.82, 2.24) is 19.8 Å². The number of aromatic nitrogens is 2. The smallest absolute Gasteiger partial charge is 0.271 e. The molecule has 3 heterocycles. The van der Waals surface area contributed by atoms with E-state index < -0.39 is 0 Å². The Morgan fingerprint density at radius 2 is 2.10 bits per heavy atom. The van der Waals surface area contributed by atoms with Crippen molar-refractivity contribution in [2.24, 2.45) is 0 Å². The van der Waals surface area contributed by atoms with Gasteiger partial charge in [0, 0.05) is 43.9 Å². The Hall–Kier alpha value is -3.30. The molecule has 9 heteroatoms. The summed E-state index contributed by atoms with van der Waals surface area (Å²) in [6, 6.07) is 16.0. The van der Waals surface area contributed by atoms with E-state index in [2.05, 4.69) is 15.2 Å². The van der Waals surface area contributed by atoms with Crippen molar-refractivity contribution < 1.29 is 9.66 Å². The molecule has 0 saturated carbocycles. The van der Waals surface area contributed by atoms with Crippen molar-refractivity contribution in [3.05, 3.63) is 88.5 Å². The molecule has 0 unspecified atom stereocenters. The van der Waals surface area contributed by atoms with Gasteiger partial charge in [0.2, 0.25) is 0 Å². The first-order valence-electron chi connectivity index (χ1n) is 9.49. The van der Waals surface area contributed by atoms with Crippen LogP contribution in [-0.4, -0.2) is 44.7 Å². The number of pyridine rings is 1. The zero-order chi connectivity index (χ0) is 21.1. The second kappa shape index (κ2) is 8.60. The summed E-state index contributed by atoms with van der Waals surface area (Å²) in [5, 5.41) is 15.3. The molecule has 1 saturated heterocycles. The van der Waals surface area contributed by atoms with E-state index in [1.54, 1.807) is 25.4 Å². The first kappa shape index (κ1) is 20.0. The molecule has 0 spiro atoms. The number of methoxy groups -OCH3 is 1. The largest absolute Gasteiger partial charge is 0.383 e. The first-order valence-corrected chi connectivity index (χ1v) is 9.90. The van der Waals surface area contributed by atoms with E-state index >= 15 is 0 Å². The highest BCUT2D eigenvalue weighted by Crippen LogP contribution is 2.39. The van der Waals surface area contributed by atoms with E-state index in [9.17, 15) is 10.1 Å². The third-order valence-electron chi connectivity index (χ3n) is 5.14. The number of benzene rings is 1. The minimum Gasteiger partial charge on any atom is -0.383 e.